The summed E-state index contributed by atoms with van der Waals surface area (Å²) >= 11 is 9.49. The molecule has 2 heteroatoms. The first kappa shape index (κ1) is 11.2. The fourth-order valence-corrected chi connectivity index (χ4v) is 3.90. The summed E-state index contributed by atoms with van der Waals surface area (Å²) in [6.07, 6.45) is 9.63. The molecule has 0 saturated heterocycles. The van der Waals surface area contributed by atoms with E-state index in [9.17, 15) is 0 Å². The van der Waals surface area contributed by atoms with E-state index in [1.807, 2.05) is 0 Å². The Morgan fingerprint density at radius 1 is 1.07 bits per heavy atom. The quantitative estimate of drug-likeness (QED) is 0.578. The first-order chi connectivity index (χ1) is 6.60. The molecule has 0 aromatic heterocycles. The van der Waals surface area contributed by atoms with E-state index in [1.54, 1.807) is 0 Å². The van der Waals surface area contributed by atoms with Gasteiger partial charge >= 0.3 is 0 Å². The topological polar surface area (TPSA) is 0 Å². The molecule has 0 aliphatic heterocycles. The van der Waals surface area contributed by atoms with E-state index in [-0.39, 0.29) is 4.75 Å². The van der Waals surface area contributed by atoms with Crippen molar-refractivity contribution in [2.24, 2.45) is 11.8 Å². The van der Waals surface area contributed by atoms with Gasteiger partial charge in [-0.1, -0.05) is 32.6 Å². The maximum absolute atomic E-state index is 4.81. The smallest absolute Gasteiger partial charge is 0.0104 e. The predicted octanol–water partition coefficient (Wildman–Crippen LogP) is 3.96. The van der Waals surface area contributed by atoms with Gasteiger partial charge in [0.05, 0.1) is 0 Å². The summed E-state index contributed by atoms with van der Waals surface area (Å²) in [5.74, 6) is 1.79. The minimum absolute atomic E-state index is 0.276. The van der Waals surface area contributed by atoms with Crippen molar-refractivity contribution in [1.82, 2.24) is 0 Å². The monoisotopic (exact) mass is 230 g/mol. The van der Waals surface area contributed by atoms with Crippen molar-refractivity contribution in [3.8, 4) is 0 Å². The number of fused-ring (bicyclic) bond motifs is 1. The zero-order valence-corrected chi connectivity index (χ0v) is 10.9. The molecule has 0 N–H and O–H groups in total. The van der Waals surface area contributed by atoms with Crippen molar-refractivity contribution < 1.29 is 0 Å². The maximum Gasteiger partial charge on any atom is 0.0104 e. The summed E-state index contributed by atoms with van der Waals surface area (Å²) in [6, 6.07) is 0. The zero-order valence-electron chi connectivity index (χ0n) is 9.08. The normalized spacial score (nSPS) is 49.5. The third-order valence-corrected chi connectivity index (χ3v) is 5.14. The molecule has 2 fully saturated rings. The predicted molar refractivity (Wildman–Crippen MR) is 69.5 cm³/mol. The van der Waals surface area contributed by atoms with Gasteiger partial charge in [-0.25, -0.2) is 0 Å². The number of thiol groups is 2. The number of rotatable bonds is 0. The summed E-state index contributed by atoms with van der Waals surface area (Å²) in [6.45, 7) is 2.31. The van der Waals surface area contributed by atoms with Gasteiger partial charge < -0.3 is 0 Å². The molecule has 2 aliphatic rings. The fourth-order valence-electron chi connectivity index (χ4n) is 2.93. The van der Waals surface area contributed by atoms with Gasteiger partial charge in [0.15, 0.2) is 0 Å². The first-order valence-electron chi connectivity index (χ1n) is 6.01. The molecule has 0 amide bonds. The molecule has 2 saturated carbocycles. The molecule has 0 nitrogen and oxygen atoms in total. The molecule has 14 heavy (non-hydrogen) atoms. The molecule has 0 radical (unpaired) electrons. The first-order valence-corrected chi connectivity index (χ1v) is 6.97. The molecule has 0 heterocycles. The second-order valence-electron chi connectivity index (χ2n) is 5.47. The SMILES string of the molecule is CC1(S)CCCCCCC2C(S)C2C1. The lowest BCUT2D eigenvalue weighted by atomic mass is 9.93. The van der Waals surface area contributed by atoms with Gasteiger partial charge in [-0.05, 0) is 31.1 Å². The average molecular weight is 230 g/mol. The van der Waals surface area contributed by atoms with Gasteiger partial charge in [0, 0.05) is 10.00 Å². The lowest BCUT2D eigenvalue weighted by molar-refractivity contribution is 0.434. The van der Waals surface area contributed by atoms with E-state index >= 15 is 0 Å². The van der Waals surface area contributed by atoms with E-state index in [2.05, 4.69) is 19.6 Å². The fraction of sp³-hybridized carbons (Fsp3) is 1.00. The Balaban J connectivity index is 1.93. The largest absolute Gasteiger partial charge is 0.175 e. The van der Waals surface area contributed by atoms with Crippen LogP contribution >= 0.6 is 25.3 Å². The highest BCUT2D eigenvalue weighted by atomic mass is 32.1. The van der Waals surface area contributed by atoms with Crippen molar-refractivity contribution in [1.29, 1.82) is 0 Å². The highest BCUT2D eigenvalue weighted by molar-refractivity contribution is 7.82. The van der Waals surface area contributed by atoms with E-state index in [4.69, 9.17) is 12.6 Å². The Labute approximate surface area is 99.1 Å². The Hall–Kier alpha value is 0.700. The molecule has 0 spiro atoms. The van der Waals surface area contributed by atoms with Gasteiger partial charge in [-0.3, -0.25) is 0 Å². The van der Waals surface area contributed by atoms with Crippen molar-refractivity contribution >= 4 is 25.3 Å². The minimum Gasteiger partial charge on any atom is -0.175 e. The van der Waals surface area contributed by atoms with E-state index in [0.717, 1.165) is 11.8 Å². The van der Waals surface area contributed by atoms with E-state index < -0.39 is 0 Å². The summed E-state index contributed by atoms with van der Waals surface area (Å²) in [5.41, 5.74) is 0. The molecular weight excluding hydrogens is 208 g/mol. The number of hydrogen-bond donors (Lipinski definition) is 2. The van der Waals surface area contributed by atoms with Gasteiger partial charge in [0.2, 0.25) is 0 Å². The molecule has 0 aromatic carbocycles. The van der Waals surface area contributed by atoms with Gasteiger partial charge in [0.25, 0.3) is 0 Å². The van der Waals surface area contributed by atoms with Crippen molar-refractivity contribution in [2.75, 3.05) is 0 Å². The van der Waals surface area contributed by atoms with Crippen LogP contribution in [0.25, 0.3) is 0 Å². The van der Waals surface area contributed by atoms with E-state index in [0.29, 0.717) is 5.25 Å². The van der Waals surface area contributed by atoms with Crippen LogP contribution in [0.15, 0.2) is 0 Å². The van der Waals surface area contributed by atoms with Crippen LogP contribution in [0.1, 0.15) is 51.9 Å². The van der Waals surface area contributed by atoms with Crippen LogP contribution < -0.4 is 0 Å². The summed E-state index contributed by atoms with van der Waals surface area (Å²) < 4.78 is 0.276. The zero-order chi connectivity index (χ0) is 10.2. The maximum atomic E-state index is 4.81. The van der Waals surface area contributed by atoms with Crippen LogP contribution in [0.5, 0.6) is 0 Å². The highest BCUT2D eigenvalue weighted by Gasteiger charge is 2.48. The summed E-state index contributed by atoms with van der Waals surface area (Å²) in [4.78, 5) is 0. The summed E-state index contributed by atoms with van der Waals surface area (Å²) in [5, 5.41) is 0.694. The van der Waals surface area contributed by atoms with Gasteiger partial charge in [0.1, 0.15) is 0 Å². The van der Waals surface area contributed by atoms with Crippen LogP contribution in [-0.2, 0) is 0 Å². The second kappa shape index (κ2) is 4.29. The molecule has 82 valence electrons. The van der Waals surface area contributed by atoms with Crippen LogP contribution in [-0.4, -0.2) is 10.00 Å². The molecule has 2 rings (SSSR count). The molecule has 4 unspecified atom stereocenters. The average Bonchev–Trinajstić information content (AvgIpc) is 2.69. The van der Waals surface area contributed by atoms with Crippen molar-refractivity contribution in [2.45, 2.75) is 61.9 Å². The highest BCUT2D eigenvalue weighted by Crippen LogP contribution is 2.53. The van der Waals surface area contributed by atoms with E-state index in [1.165, 1.54) is 44.9 Å². The lowest BCUT2D eigenvalue weighted by Crippen LogP contribution is -2.18. The minimum atomic E-state index is 0.276. The Kier molecular flexibility index (Phi) is 3.43. The van der Waals surface area contributed by atoms with Crippen LogP contribution in [0, 0.1) is 11.8 Å². The summed E-state index contributed by atoms with van der Waals surface area (Å²) in [7, 11) is 0. The van der Waals surface area contributed by atoms with Crippen molar-refractivity contribution in [3.05, 3.63) is 0 Å². The second-order valence-corrected chi connectivity index (χ2v) is 7.15. The van der Waals surface area contributed by atoms with Crippen LogP contribution in [0.3, 0.4) is 0 Å². The third-order valence-electron chi connectivity index (χ3n) is 3.96. The van der Waals surface area contributed by atoms with Crippen molar-refractivity contribution in [3.63, 3.8) is 0 Å². The molecular formula is C12H22S2. The lowest BCUT2D eigenvalue weighted by Gasteiger charge is -2.24. The van der Waals surface area contributed by atoms with Crippen LogP contribution in [0.4, 0.5) is 0 Å². The molecule has 4 atom stereocenters. The third kappa shape index (κ3) is 2.63. The van der Waals surface area contributed by atoms with Gasteiger partial charge in [-0.2, -0.15) is 25.3 Å². The molecule has 0 bridgehead atoms. The Bertz CT molecular complexity index is 200. The Morgan fingerprint density at radius 3 is 2.57 bits per heavy atom. The molecule has 2 aliphatic carbocycles. The molecule has 0 aromatic rings. The van der Waals surface area contributed by atoms with Crippen LogP contribution in [0.2, 0.25) is 0 Å². The standard InChI is InChI=1S/C12H22S2/c1-12(14)7-5-3-2-4-6-9-10(8-12)11(9)13/h9-11,13-14H,2-8H2,1H3. The Morgan fingerprint density at radius 2 is 1.79 bits per heavy atom. The number of hydrogen-bond acceptors (Lipinski definition) is 2. The van der Waals surface area contributed by atoms with Gasteiger partial charge in [-0.15, -0.1) is 0 Å².